The monoisotopic (exact) mass is 201 g/mol. The van der Waals surface area contributed by atoms with Crippen molar-refractivity contribution in [2.24, 2.45) is 0 Å². The number of rotatable bonds is 3. The molecule has 1 fully saturated rings. The summed E-state index contributed by atoms with van der Waals surface area (Å²) in [7, 11) is -2.82. The van der Waals surface area contributed by atoms with E-state index in [1.54, 1.807) is 0 Å². The van der Waals surface area contributed by atoms with Crippen LogP contribution in [0.1, 0.15) is 19.8 Å². The van der Waals surface area contributed by atoms with Gasteiger partial charge in [-0.05, 0) is 19.8 Å². The van der Waals surface area contributed by atoms with Crippen LogP contribution in [-0.2, 0) is 9.84 Å². The SMILES string of the molecule is C#CC(C)NCC1CCCS1(=O)=O. The van der Waals surface area contributed by atoms with Crippen LogP contribution in [0, 0.1) is 12.3 Å². The molecule has 0 aliphatic carbocycles. The molecular formula is C9H15NO2S. The van der Waals surface area contributed by atoms with Crippen LogP contribution in [0.3, 0.4) is 0 Å². The second-order valence-corrected chi connectivity index (χ2v) is 5.83. The van der Waals surface area contributed by atoms with Crippen molar-refractivity contribution in [1.82, 2.24) is 5.32 Å². The van der Waals surface area contributed by atoms with Crippen molar-refractivity contribution in [1.29, 1.82) is 0 Å². The van der Waals surface area contributed by atoms with Crippen molar-refractivity contribution < 1.29 is 8.42 Å². The van der Waals surface area contributed by atoms with Gasteiger partial charge in [0.2, 0.25) is 0 Å². The maximum Gasteiger partial charge on any atom is 0.154 e. The molecule has 2 atom stereocenters. The summed E-state index contributed by atoms with van der Waals surface area (Å²) in [4.78, 5) is 0. The summed E-state index contributed by atoms with van der Waals surface area (Å²) >= 11 is 0. The second kappa shape index (κ2) is 4.12. The first-order chi connectivity index (χ1) is 6.06. The molecule has 0 aromatic heterocycles. The molecule has 2 unspecified atom stereocenters. The summed E-state index contributed by atoms with van der Waals surface area (Å²) in [6.45, 7) is 2.34. The zero-order valence-corrected chi connectivity index (χ0v) is 8.60. The first-order valence-corrected chi connectivity index (χ1v) is 6.19. The number of nitrogens with one attached hydrogen (secondary N) is 1. The Bertz CT molecular complexity index is 302. The summed E-state index contributed by atoms with van der Waals surface area (Å²) in [5.41, 5.74) is 0. The van der Waals surface area contributed by atoms with Gasteiger partial charge < -0.3 is 5.32 Å². The Balaban J connectivity index is 2.43. The highest BCUT2D eigenvalue weighted by Crippen LogP contribution is 2.18. The molecule has 1 heterocycles. The van der Waals surface area contributed by atoms with E-state index >= 15 is 0 Å². The molecule has 0 bridgehead atoms. The van der Waals surface area contributed by atoms with Crippen LogP contribution in [0.4, 0.5) is 0 Å². The minimum atomic E-state index is -2.82. The highest BCUT2D eigenvalue weighted by Gasteiger charge is 2.30. The van der Waals surface area contributed by atoms with E-state index in [1.807, 2.05) is 6.92 Å². The van der Waals surface area contributed by atoms with Gasteiger partial charge in [-0.1, -0.05) is 5.92 Å². The fourth-order valence-electron chi connectivity index (χ4n) is 1.45. The number of terminal acetylenes is 1. The van der Waals surface area contributed by atoms with Gasteiger partial charge in [-0.2, -0.15) is 0 Å². The largest absolute Gasteiger partial charge is 0.303 e. The average Bonchev–Trinajstić information content (AvgIpc) is 2.41. The smallest absolute Gasteiger partial charge is 0.154 e. The predicted octanol–water partition coefficient (Wildman–Crippen LogP) is 0.175. The summed E-state index contributed by atoms with van der Waals surface area (Å²) in [6.07, 6.45) is 6.72. The molecule has 1 saturated heterocycles. The molecule has 1 aliphatic heterocycles. The van der Waals surface area contributed by atoms with Gasteiger partial charge in [0.25, 0.3) is 0 Å². The van der Waals surface area contributed by atoms with E-state index in [-0.39, 0.29) is 11.3 Å². The average molecular weight is 201 g/mol. The Morgan fingerprint density at radius 1 is 1.69 bits per heavy atom. The maximum absolute atomic E-state index is 11.4. The maximum atomic E-state index is 11.4. The third-order valence-corrected chi connectivity index (χ3v) is 4.64. The predicted molar refractivity (Wildman–Crippen MR) is 53.1 cm³/mol. The first-order valence-electron chi connectivity index (χ1n) is 4.47. The highest BCUT2D eigenvalue weighted by atomic mass is 32.2. The van der Waals surface area contributed by atoms with Gasteiger partial charge in [-0.25, -0.2) is 8.42 Å². The molecule has 0 aromatic carbocycles. The normalized spacial score (nSPS) is 28.2. The van der Waals surface area contributed by atoms with Crippen LogP contribution in [0.5, 0.6) is 0 Å². The summed E-state index contributed by atoms with van der Waals surface area (Å²) < 4.78 is 22.7. The van der Waals surface area contributed by atoms with Gasteiger partial charge in [0.05, 0.1) is 17.0 Å². The molecule has 74 valence electrons. The fraction of sp³-hybridized carbons (Fsp3) is 0.778. The van der Waals surface area contributed by atoms with Crippen LogP contribution in [0.15, 0.2) is 0 Å². The summed E-state index contributed by atoms with van der Waals surface area (Å²) in [5, 5.41) is 2.80. The van der Waals surface area contributed by atoms with Gasteiger partial charge in [0, 0.05) is 6.54 Å². The fourth-order valence-corrected chi connectivity index (χ4v) is 3.23. The van der Waals surface area contributed by atoms with Crippen molar-refractivity contribution in [3.8, 4) is 12.3 Å². The number of sulfone groups is 1. The van der Waals surface area contributed by atoms with E-state index in [0.717, 1.165) is 12.8 Å². The zero-order valence-electron chi connectivity index (χ0n) is 7.79. The molecule has 13 heavy (non-hydrogen) atoms. The quantitative estimate of drug-likeness (QED) is 0.662. The molecule has 3 nitrogen and oxygen atoms in total. The van der Waals surface area contributed by atoms with E-state index in [4.69, 9.17) is 6.42 Å². The van der Waals surface area contributed by atoms with Gasteiger partial charge in [-0.15, -0.1) is 6.42 Å². The Labute approximate surface area is 79.8 Å². The van der Waals surface area contributed by atoms with Gasteiger partial charge in [-0.3, -0.25) is 0 Å². The third-order valence-electron chi connectivity index (χ3n) is 2.36. The van der Waals surface area contributed by atoms with Gasteiger partial charge in [0.1, 0.15) is 0 Å². The lowest BCUT2D eigenvalue weighted by atomic mass is 10.2. The Hall–Kier alpha value is -0.530. The van der Waals surface area contributed by atoms with Crippen LogP contribution in [0.25, 0.3) is 0 Å². The molecule has 0 spiro atoms. The Kier molecular flexibility index (Phi) is 3.34. The lowest BCUT2D eigenvalue weighted by Crippen LogP contribution is -2.35. The summed E-state index contributed by atoms with van der Waals surface area (Å²) in [5.74, 6) is 2.85. The van der Waals surface area contributed by atoms with Gasteiger partial charge >= 0.3 is 0 Å². The second-order valence-electron chi connectivity index (χ2n) is 3.43. The Morgan fingerprint density at radius 2 is 2.38 bits per heavy atom. The lowest BCUT2D eigenvalue weighted by molar-refractivity contribution is 0.566. The molecule has 1 N–H and O–H groups in total. The van der Waals surface area contributed by atoms with E-state index in [0.29, 0.717) is 12.3 Å². The number of hydrogen-bond donors (Lipinski definition) is 1. The van der Waals surface area contributed by atoms with E-state index < -0.39 is 9.84 Å². The molecule has 0 radical (unpaired) electrons. The summed E-state index contributed by atoms with van der Waals surface area (Å²) in [6, 6.07) is -0.0456. The van der Waals surface area contributed by atoms with E-state index in [1.165, 1.54) is 0 Å². The molecular weight excluding hydrogens is 186 g/mol. The molecule has 0 aromatic rings. The van der Waals surface area contributed by atoms with Gasteiger partial charge in [0.15, 0.2) is 9.84 Å². The lowest BCUT2D eigenvalue weighted by Gasteiger charge is -2.12. The van der Waals surface area contributed by atoms with E-state index in [9.17, 15) is 8.42 Å². The highest BCUT2D eigenvalue weighted by molar-refractivity contribution is 7.92. The first kappa shape index (κ1) is 10.6. The van der Waals surface area contributed by atoms with Crippen molar-refractivity contribution >= 4 is 9.84 Å². The standard InChI is InChI=1S/C9H15NO2S/c1-3-8(2)10-7-9-5-4-6-13(9,11)12/h1,8-10H,4-7H2,2H3. The minimum absolute atomic E-state index is 0.0456. The molecule has 1 rings (SSSR count). The third kappa shape index (κ3) is 2.71. The van der Waals surface area contributed by atoms with E-state index in [2.05, 4.69) is 11.2 Å². The topological polar surface area (TPSA) is 46.2 Å². The van der Waals surface area contributed by atoms with Crippen molar-refractivity contribution in [2.75, 3.05) is 12.3 Å². The van der Waals surface area contributed by atoms with Crippen molar-refractivity contribution in [3.05, 3.63) is 0 Å². The van der Waals surface area contributed by atoms with Crippen LogP contribution < -0.4 is 5.32 Å². The number of hydrogen-bond acceptors (Lipinski definition) is 3. The van der Waals surface area contributed by atoms with Crippen molar-refractivity contribution in [2.45, 2.75) is 31.1 Å². The molecule has 1 aliphatic rings. The molecule has 4 heteroatoms. The zero-order chi connectivity index (χ0) is 9.90. The van der Waals surface area contributed by atoms with Crippen LogP contribution >= 0.6 is 0 Å². The Morgan fingerprint density at radius 3 is 2.85 bits per heavy atom. The molecule has 0 amide bonds. The van der Waals surface area contributed by atoms with Crippen LogP contribution in [-0.4, -0.2) is 32.0 Å². The minimum Gasteiger partial charge on any atom is -0.303 e. The van der Waals surface area contributed by atoms with Crippen LogP contribution in [0.2, 0.25) is 0 Å². The molecule has 0 saturated carbocycles. The van der Waals surface area contributed by atoms with Crippen molar-refractivity contribution in [3.63, 3.8) is 0 Å².